The van der Waals surface area contributed by atoms with E-state index in [1.165, 1.54) is 25.3 Å². The second-order valence-electron chi connectivity index (χ2n) is 6.90. The first-order valence-corrected chi connectivity index (χ1v) is 9.28. The van der Waals surface area contributed by atoms with E-state index in [0.717, 1.165) is 11.1 Å². The summed E-state index contributed by atoms with van der Waals surface area (Å²) in [4.78, 5) is 23.5. The van der Waals surface area contributed by atoms with Crippen molar-refractivity contribution >= 4 is 18.0 Å². The van der Waals surface area contributed by atoms with Crippen LogP contribution in [0.1, 0.15) is 36.5 Å². The zero-order chi connectivity index (χ0) is 22.3. The molecule has 1 amide bonds. The molecule has 0 fully saturated rings. The van der Waals surface area contributed by atoms with E-state index in [9.17, 15) is 9.59 Å². The number of methoxy groups -OCH3 is 1. The lowest BCUT2D eigenvalue weighted by molar-refractivity contribution is -0.136. The molecule has 2 aromatic carbocycles. The van der Waals surface area contributed by atoms with Gasteiger partial charge in [-0.15, -0.1) is 0 Å². The monoisotopic (exact) mass is 408 g/mol. The summed E-state index contributed by atoms with van der Waals surface area (Å²) in [5.74, 6) is -0.0870. The molecule has 0 heterocycles. The fraction of sp³-hybridized carbons (Fsp3) is 0.261. The van der Waals surface area contributed by atoms with E-state index in [1.54, 1.807) is 12.1 Å². The molecule has 0 unspecified atom stereocenters. The number of primary amides is 1. The van der Waals surface area contributed by atoms with Gasteiger partial charge in [-0.05, 0) is 53.8 Å². The van der Waals surface area contributed by atoms with E-state index in [1.807, 2.05) is 39.0 Å². The molecule has 7 heteroatoms. The van der Waals surface area contributed by atoms with Gasteiger partial charge in [-0.1, -0.05) is 32.0 Å². The maximum atomic E-state index is 12.3. The van der Waals surface area contributed by atoms with Crippen molar-refractivity contribution in [3.05, 3.63) is 58.7 Å². The lowest BCUT2D eigenvalue weighted by Crippen LogP contribution is -2.18. The standard InChI is InChI=1S/C23H24N2O5/c1-14(2)18-7-5-15(3)9-20(18)29-13-22(26)30-19-8-6-16(11-21(19)28-4)10-17(12-24)23(25)27/h5-11,14H,13H2,1-4H3,(H2,25,27)/b17-10+. The Hall–Kier alpha value is -3.79. The summed E-state index contributed by atoms with van der Waals surface area (Å²) in [6.45, 7) is 5.78. The molecule has 0 aliphatic rings. The molecule has 0 saturated carbocycles. The second kappa shape index (κ2) is 10.1. The normalized spacial score (nSPS) is 11.0. The van der Waals surface area contributed by atoms with Crippen LogP contribution >= 0.6 is 0 Å². The number of amides is 1. The van der Waals surface area contributed by atoms with E-state index in [4.69, 9.17) is 25.2 Å². The fourth-order valence-corrected chi connectivity index (χ4v) is 2.72. The summed E-state index contributed by atoms with van der Waals surface area (Å²) < 4.78 is 16.3. The molecule has 156 valence electrons. The van der Waals surface area contributed by atoms with Gasteiger partial charge in [-0.3, -0.25) is 4.79 Å². The number of rotatable bonds is 8. The van der Waals surface area contributed by atoms with Gasteiger partial charge in [0.05, 0.1) is 7.11 Å². The van der Waals surface area contributed by atoms with Crippen LogP contribution in [-0.4, -0.2) is 25.6 Å². The molecule has 0 radical (unpaired) electrons. The maximum Gasteiger partial charge on any atom is 0.349 e. The molecule has 0 aliphatic carbocycles. The first-order valence-electron chi connectivity index (χ1n) is 9.28. The number of hydrogen-bond acceptors (Lipinski definition) is 6. The summed E-state index contributed by atoms with van der Waals surface area (Å²) in [5, 5.41) is 8.95. The molecule has 0 aromatic heterocycles. The number of benzene rings is 2. The summed E-state index contributed by atoms with van der Waals surface area (Å²) in [5.41, 5.74) is 7.47. The van der Waals surface area contributed by atoms with Crippen molar-refractivity contribution in [1.29, 1.82) is 5.26 Å². The Bertz CT molecular complexity index is 1020. The molecule has 0 atom stereocenters. The van der Waals surface area contributed by atoms with Crippen LogP contribution in [0.3, 0.4) is 0 Å². The Morgan fingerprint density at radius 3 is 2.47 bits per heavy atom. The highest BCUT2D eigenvalue weighted by molar-refractivity contribution is 6.00. The minimum atomic E-state index is -0.832. The first kappa shape index (κ1) is 22.5. The summed E-state index contributed by atoms with van der Waals surface area (Å²) in [7, 11) is 1.41. The Kier molecular flexibility index (Phi) is 7.59. The van der Waals surface area contributed by atoms with Crippen molar-refractivity contribution in [2.75, 3.05) is 13.7 Å². The molecule has 0 spiro atoms. The van der Waals surface area contributed by atoms with Crippen LogP contribution in [0.15, 0.2) is 42.0 Å². The molecule has 7 nitrogen and oxygen atoms in total. The van der Waals surface area contributed by atoms with E-state index in [-0.39, 0.29) is 29.6 Å². The zero-order valence-electron chi connectivity index (χ0n) is 17.4. The van der Waals surface area contributed by atoms with Crippen LogP contribution in [0, 0.1) is 18.3 Å². The first-order chi connectivity index (χ1) is 14.2. The lowest BCUT2D eigenvalue weighted by atomic mass is 10.0. The zero-order valence-corrected chi connectivity index (χ0v) is 17.4. The van der Waals surface area contributed by atoms with Crippen molar-refractivity contribution in [1.82, 2.24) is 0 Å². The largest absolute Gasteiger partial charge is 0.493 e. The maximum absolute atomic E-state index is 12.3. The number of hydrogen-bond donors (Lipinski definition) is 1. The van der Waals surface area contributed by atoms with Crippen molar-refractivity contribution in [3.63, 3.8) is 0 Å². The summed E-state index contributed by atoms with van der Waals surface area (Å²) in [6, 6.07) is 12.2. The quantitative estimate of drug-likeness (QED) is 0.310. The molecule has 0 saturated heterocycles. The van der Waals surface area contributed by atoms with Gasteiger partial charge in [0.2, 0.25) is 0 Å². The van der Waals surface area contributed by atoms with Crippen LogP contribution in [0.5, 0.6) is 17.2 Å². The highest BCUT2D eigenvalue weighted by Crippen LogP contribution is 2.30. The van der Waals surface area contributed by atoms with Gasteiger partial charge < -0.3 is 19.9 Å². The molecule has 2 N–H and O–H groups in total. The Balaban J connectivity index is 2.13. The SMILES string of the molecule is COc1cc(/C=C(\C#N)C(N)=O)ccc1OC(=O)COc1cc(C)ccc1C(C)C. The van der Waals surface area contributed by atoms with Gasteiger partial charge in [0.15, 0.2) is 18.1 Å². The van der Waals surface area contributed by atoms with Crippen LogP contribution in [-0.2, 0) is 9.59 Å². The minimum absolute atomic E-state index is 0.189. The lowest BCUT2D eigenvalue weighted by Gasteiger charge is -2.15. The van der Waals surface area contributed by atoms with E-state index in [2.05, 4.69) is 0 Å². The van der Waals surface area contributed by atoms with Crippen molar-refractivity contribution in [2.45, 2.75) is 26.7 Å². The highest BCUT2D eigenvalue weighted by Gasteiger charge is 2.14. The average Bonchev–Trinajstić information content (AvgIpc) is 2.70. The molecule has 2 rings (SSSR count). The van der Waals surface area contributed by atoms with Crippen LogP contribution in [0.4, 0.5) is 0 Å². The van der Waals surface area contributed by atoms with Gasteiger partial charge in [0.25, 0.3) is 5.91 Å². The Morgan fingerprint density at radius 1 is 1.13 bits per heavy atom. The number of carbonyl (C=O) groups is 2. The predicted molar refractivity (Wildman–Crippen MR) is 112 cm³/mol. The third-order valence-corrected chi connectivity index (χ3v) is 4.24. The van der Waals surface area contributed by atoms with Crippen LogP contribution in [0.25, 0.3) is 6.08 Å². The van der Waals surface area contributed by atoms with Crippen molar-refractivity contribution < 1.29 is 23.8 Å². The van der Waals surface area contributed by atoms with Crippen LogP contribution in [0.2, 0.25) is 0 Å². The van der Waals surface area contributed by atoms with E-state index < -0.39 is 11.9 Å². The second-order valence-corrected chi connectivity index (χ2v) is 6.90. The molecule has 0 bridgehead atoms. The minimum Gasteiger partial charge on any atom is -0.493 e. The number of nitrogens with two attached hydrogens (primary N) is 1. The predicted octanol–water partition coefficient (Wildman–Crippen LogP) is 3.50. The van der Waals surface area contributed by atoms with E-state index in [0.29, 0.717) is 11.3 Å². The number of carbonyl (C=O) groups excluding carboxylic acids is 2. The smallest absolute Gasteiger partial charge is 0.349 e. The number of nitriles is 1. The molecule has 30 heavy (non-hydrogen) atoms. The van der Waals surface area contributed by atoms with E-state index >= 15 is 0 Å². The van der Waals surface area contributed by atoms with Gasteiger partial charge in [-0.2, -0.15) is 5.26 Å². The van der Waals surface area contributed by atoms with Gasteiger partial charge in [0, 0.05) is 0 Å². The highest BCUT2D eigenvalue weighted by atomic mass is 16.6. The Morgan fingerprint density at radius 2 is 1.87 bits per heavy atom. The van der Waals surface area contributed by atoms with Gasteiger partial charge >= 0.3 is 5.97 Å². The number of aryl methyl sites for hydroxylation is 1. The fourth-order valence-electron chi connectivity index (χ4n) is 2.72. The number of nitrogens with zero attached hydrogens (tertiary/aromatic N) is 1. The topological polar surface area (TPSA) is 112 Å². The van der Waals surface area contributed by atoms with Crippen LogP contribution < -0.4 is 19.9 Å². The third kappa shape index (κ3) is 5.85. The Labute approximate surface area is 175 Å². The van der Waals surface area contributed by atoms with Crippen molar-refractivity contribution in [2.24, 2.45) is 5.73 Å². The summed E-state index contributed by atoms with van der Waals surface area (Å²) >= 11 is 0. The van der Waals surface area contributed by atoms with Crippen molar-refractivity contribution in [3.8, 4) is 23.3 Å². The van der Waals surface area contributed by atoms with Gasteiger partial charge in [0.1, 0.15) is 17.4 Å². The summed E-state index contributed by atoms with van der Waals surface area (Å²) in [6.07, 6.45) is 1.32. The average molecular weight is 408 g/mol. The molecule has 2 aromatic rings. The third-order valence-electron chi connectivity index (χ3n) is 4.24. The molecule has 0 aliphatic heterocycles. The number of esters is 1. The van der Waals surface area contributed by atoms with Gasteiger partial charge in [-0.25, -0.2) is 4.79 Å². The molecular formula is C23H24N2O5. The number of ether oxygens (including phenoxy) is 3. The molecular weight excluding hydrogens is 384 g/mol.